The predicted molar refractivity (Wildman–Crippen MR) is 61.3 cm³/mol. The first-order valence-electron chi connectivity index (χ1n) is 6.41. The SMILES string of the molecule is CCC(=O)C(C)C1CCOC2(CCOC2)C1. The highest BCUT2D eigenvalue weighted by atomic mass is 16.6. The summed E-state index contributed by atoms with van der Waals surface area (Å²) in [6, 6.07) is 0. The van der Waals surface area contributed by atoms with E-state index in [0.29, 0.717) is 18.1 Å². The van der Waals surface area contributed by atoms with E-state index in [1.165, 1.54) is 0 Å². The van der Waals surface area contributed by atoms with Crippen molar-refractivity contribution in [2.24, 2.45) is 11.8 Å². The maximum absolute atomic E-state index is 11.7. The van der Waals surface area contributed by atoms with E-state index in [4.69, 9.17) is 9.47 Å². The van der Waals surface area contributed by atoms with Crippen LogP contribution in [-0.2, 0) is 14.3 Å². The van der Waals surface area contributed by atoms with Gasteiger partial charge in [0.25, 0.3) is 0 Å². The molecule has 0 aromatic carbocycles. The molecule has 2 saturated heterocycles. The number of ether oxygens (including phenoxy) is 2. The first kappa shape index (κ1) is 12.1. The molecule has 2 fully saturated rings. The summed E-state index contributed by atoms with van der Waals surface area (Å²) in [4.78, 5) is 11.7. The van der Waals surface area contributed by atoms with Crippen LogP contribution < -0.4 is 0 Å². The van der Waals surface area contributed by atoms with Gasteiger partial charge in [0, 0.05) is 32.0 Å². The first-order chi connectivity index (χ1) is 7.67. The third-order valence-corrected chi connectivity index (χ3v) is 4.16. The Kier molecular flexibility index (Phi) is 3.65. The van der Waals surface area contributed by atoms with Crippen LogP contribution in [0.1, 0.15) is 39.5 Å². The van der Waals surface area contributed by atoms with Crippen molar-refractivity contribution in [2.45, 2.75) is 45.1 Å². The second kappa shape index (κ2) is 4.84. The zero-order valence-electron chi connectivity index (χ0n) is 10.3. The highest BCUT2D eigenvalue weighted by Gasteiger charge is 2.42. The van der Waals surface area contributed by atoms with Gasteiger partial charge >= 0.3 is 0 Å². The van der Waals surface area contributed by atoms with Gasteiger partial charge in [0.2, 0.25) is 0 Å². The quantitative estimate of drug-likeness (QED) is 0.740. The molecule has 3 unspecified atom stereocenters. The second-order valence-corrected chi connectivity index (χ2v) is 5.20. The Balaban J connectivity index is 1.98. The third-order valence-electron chi connectivity index (χ3n) is 4.16. The number of ketones is 1. The number of carbonyl (C=O) groups excluding carboxylic acids is 1. The average molecular weight is 226 g/mol. The molecule has 3 atom stereocenters. The fraction of sp³-hybridized carbons (Fsp3) is 0.923. The van der Waals surface area contributed by atoms with Gasteiger partial charge in [-0.1, -0.05) is 13.8 Å². The summed E-state index contributed by atoms with van der Waals surface area (Å²) in [5.41, 5.74) is -0.0643. The molecular formula is C13H22O3. The van der Waals surface area contributed by atoms with E-state index >= 15 is 0 Å². The molecule has 0 aromatic heterocycles. The normalized spacial score (nSPS) is 36.5. The van der Waals surface area contributed by atoms with E-state index in [1.54, 1.807) is 0 Å². The van der Waals surface area contributed by atoms with Crippen LogP contribution in [0.4, 0.5) is 0 Å². The van der Waals surface area contributed by atoms with Crippen LogP contribution in [0.3, 0.4) is 0 Å². The maximum Gasteiger partial charge on any atom is 0.135 e. The molecule has 16 heavy (non-hydrogen) atoms. The van der Waals surface area contributed by atoms with Gasteiger partial charge < -0.3 is 9.47 Å². The van der Waals surface area contributed by atoms with Crippen molar-refractivity contribution < 1.29 is 14.3 Å². The topological polar surface area (TPSA) is 35.5 Å². The lowest BCUT2D eigenvalue weighted by molar-refractivity contribution is -0.131. The van der Waals surface area contributed by atoms with Gasteiger partial charge in [-0.15, -0.1) is 0 Å². The van der Waals surface area contributed by atoms with Gasteiger partial charge in [-0.05, 0) is 18.8 Å². The van der Waals surface area contributed by atoms with E-state index in [0.717, 1.165) is 39.1 Å². The molecule has 0 radical (unpaired) electrons. The summed E-state index contributed by atoms with van der Waals surface area (Å²) in [6.07, 6.45) is 3.67. The van der Waals surface area contributed by atoms with Crippen LogP contribution >= 0.6 is 0 Å². The van der Waals surface area contributed by atoms with E-state index in [2.05, 4.69) is 6.92 Å². The summed E-state index contributed by atoms with van der Waals surface area (Å²) in [6.45, 7) is 6.34. The summed E-state index contributed by atoms with van der Waals surface area (Å²) in [5.74, 6) is 1.07. The van der Waals surface area contributed by atoms with Crippen LogP contribution in [0.15, 0.2) is 0 Å². The summed E-state index contributed by atoms with van der Waals surface area (Å²) in [7, 11) is 0. The van der Waals surface area contributed by atoms with Crippen LogP contribution in [0.5, 0.6) is 0 Å². The fourth-order valence-electron chi connectivity index (χ4n) is 2.94. The first-order valence-corrected chi connectivity index (χ1v) is 6.41. The van der Waals surface area contributed by atoms with Crippen molar-refractivity contribution in [3.8, 4) is 0 Å². The van der Waals surface area contributed by atoms with Crippen molar-refractivity contribution in [1.29, 1.82) is 0 Å². The van der Waals surface area contributed by atoms with Crippen molar-refractivity contribution in [2.75, 3.05) is 19.8 Å². The summed E-state index contributed by atoms with van der Waals surface area (Å²) in [5, 5.41) is 0. The number of hydrogen-bond acceptors (Lipinski definition) is 3. The Labute approximate surface area is 97.5 Å². The Hall–Kier alpha value is -0.410. The van der Waals surface area contributed by atoms with Crippen LogP contribution in [-0.4, -0.2) is 31.2 Å². The molecule has 0 saturated carbocycles. The molecule has 0 amide bonds. The fourth-order valence-corrected chi connectivity index (χ4v) is 2.94. The molecule has 0 aliphatic carbocycles. The Bertz CT molecular complexity index is 256. The molecule has 2 heterocycles. The lowest BCUT2D eigenvalue weighted by atomic mass is 9.77. The van der Waals surface area contributed by atoms with Gasteiger partial charge in [0.15, 0.2) is 0 Å². The number of hydrogen-bond donors (Lipinski definition) is 0. The molecule has 2 aliphatic rings. The molecule has 3 nitrogen and oxygen atoms in total. The summed E-state index contributed by atoms with van der Waals surface area (Å²) < 4.78 is 11.3. The molecule has 3 heteroatoms. The number of carbonyl (C=O) groups is 1. The lowest BCUT2D eigenvalue weighted by Crippen LogP contribution is -2.43. The second-order valence-electron chi connectivity index (χ2n) is 5.20. The van der Waals surface area contributed by atoms with Crippen molar-refractivity contribution in [1.82, 2.24) is 0 Å². The van der Waals surface area contributed by atoms with Gasteiger partial charge in [-0.25, -0.2) is 0 Å². The van der Waals surface area contributed by atoms with E-state index < -0.39 is 0 Å². The molecular weight excluding hydrogens is 204 g/mol. The third kappa shape index (κ3) is 2.30. The van der Waals surface area contributed by atoms with Crippen molar-refractivity contribution in [3.05, 3.63) is 0 Å². The molecule has 0 bridgehead atoms. The zero-order chi connectivity index (χ0) is 11.6. The summed E-state index contributed by atoms with van der Waals surface area (Å²) >= 11 is 0. The predicted octanol–water partition coefficient (Wildman–Crippen LogP) is 2.19. The van der Waals surface area contributed by atoms with Gasteiger partial charge in [0.05, 0.1) is 12.2 Å². The Morgan fingerprint density at radius 2 is 2.31 bits per heavy atom. The maximum atomic E-state index is 11.7. The molecule has 2 aliphatic heterocycles. The molecule has 1 spiro atoms. The van der Waals surface area contributed by atoms with Crippen LogP contribution in [0, 0.1) is 11.8 Å². The largest absolute Gasteiger partial charge is 0.378 e. The van der Waals surface area contributed by atoms with Crippen LogP contribution in [0.2, 0.25) is 0 Å². The monoisotopic (exact) mass is 226 g/mol. The Morgan fingerprint density at radius 1 is 1.50 bits per heavy atom. The average Bonchev–Trinajstić information content (AvgIpc) is 2.75. The zero-order valence-corrected chi connectivity index (χ0v) is 10.3. The number of Topliss-reactive ketones (excluding diaryl/α,β-unsaturated/α-hetero) is 1. The van der Waals surface area contributed by atoms with Gasteiger partial charge in [0.1, 0.15) is 5.78 Å². The van der Waals surface area contributed by atoms with E-state index in [-0.39, 0.29) is 11.5 Å². The molecule has 92 valence electrons. The number of rotatable bonds is 3. The van der Waals surface area contributed by atoms with Gasteiger partial charge in [-0.2, -0.15) is 0 Å². The minimum atomic E-state index is -0.0643. The van der Waals surface area contributed by atoms with Gasteiger partial charge in [-0.3, -0.25) is 4.79 Å². The minimum absolute atomic E-state index is 0.0643. The van der Waals surface area contributed by atoms with Crippen molar-refractivity contribution >= 4 is 5.78 Å². The molecule has 0 aromatic rings. The Morgan fingerprint density at radius 3 is 2.94 bits per heavy atom. The standard InChI is InChI=1S/C13H22O3/c1-3-12(14)10(2)11-4-6-16-13(8-11)5-7-15-9-13/h10-11H,3-9H2,1-2H3. The van der Waals surface area contributed by atoms with Crippen molar-refractivity contribution in [3.63, 3.8) is 0 Å². The van der Waals surface area contributed by atoms with E-state index in [9.17, 15) is 4.79 Å². The molecule has 2 rings (SSSR count). The lowest BCUT2D eigenvalue weighted by Gasteiger charge is -2.39. The minimum Gasteiger partial charge on any atom is -0.378 e. The van der Waals surface area contributed by atoms with Crippen LogP contribution in [0.25, 0.3) is 0 Å². The smallest absolute Gasteiger partial charge is 0.135 e. The molecule has 0 N–H and O–H groups in total. The van der Waals surface area contributed by atoms with E-state index in [1.807, 2.05) is 6.92 Å². The highest BCUT2D eigenvalue weighted by molar-refractivity contribution is 5.80. The highest BCUT2D eigenvalue weighted by Crippen LogP contribution is 2.39.